The summed E-state index contributed by atoms with van der Waals surface area (Å²) < 4.78 is 15.8. The maximum absolute atomic E-state index is 11.9. The molecule has 23 heavy (non-hydrogen) atoms. The minimum atomic E-state index is -0.786. The summed E-state index contributed by atoms with van der Waals surface area (Å²) in [6.07, 6.45) is -0.682. The highest BCUT2D eigenvalue weighted by molar-refractivity contribution is 5.88. The van der Waals surface area contributed by atoms with Crippen molar-refractivity contribution in [3.05, 3.63) is 17.7 Å². The molecule has 1 atom stereocenters. The van der Waals surface area contributed by atoms with Gasteiger partial charge in [0.15, 0.2) is 11.5 Å². The number of carbonyl (C=O) groups excluding carboxylic acids is 1. The summed E-state index contributed by atoms with van der Waals surface area (Å²) in [5, 5.41) is 12.7. The third-order valence-electron chi connectivity index (χ3n) is 3.38. The highest BCUT2D eigenvalue weighted by atomic mass is 16.6. The Balaban J connectivity index is 3.24. The lowest BCUT2D eigenvalue weighted by Gasteiger charge is -2.28. The van der Waals surface area contributed by atoms with Crippen molar-refractivity contribution in [1.82, 2.24) is 0 Å². The van der Waals surface area contributed by atoms with Crippen LogP contribution in [0.25, 0.3) is 0 Å². The fourth-order valence-electron chi connectivity index (χ4n) is 1.90. The Morgan fingerprint density at radius 1 is 1.26 bits per heavy atom. The predicted molar refractivity (Wildman–Crippen MR) is 87.9 cm³/mol. The van der Waals surface area contributed by atoms with Gasteiger partial charge in [0.2, 0.25) is 0 Å². The fraction of sp³-hybridized carbons (Fsp3) is 0.562. The minimum Gasteiger partial charge on any atom is -0.503 e. The number of rotatable bonds is 5. The molecule has 0 aliphatic rings. The van der Waals surface area contributed by atoms with Crippen molar-refractivity contribution in [3.8, 4) is 11.5 Å². The van der Waals surface area contributed by atoms with Crippen molar-refractivity contribution in [2.45, 2.75) is 38.9 Å². The first-order valence-corrected chi connectivity index (χ1v) is 7.23. The molecule has 4 N–H and O–H groups in total. The first-order valence-electron chi connectivity index (χ1n) is 7.23. The molecule has 1 aromatic rings. The molecule has 0 spiro atoms. The lowest BCUT2D eigenvalue weighted by Crippen LogP contribution is -2.34. The van der Waals surface area contributed by atoms with E-state index in [1.54, 1.807) is 39.8 Å². The Labute approximate surface area is 136 Å². The van der Waals surface area contributed by atoms with Crippen LogP contribution < -0.4 is 15.8 Å². The number of phenols is 1. The van der Waals surface area contributed by atoms with Gasteiger partial charge in [-0.15, -0.1) is 0 Å². The molecule has 1 rings (SSSR count). The number of aromatic hydroxyl groups is 1. The lowest BCUT2D eigenvalue weighted by molar-refractivity contribution is 0.00991. The second-order valence-electron chi connectivity index (χ2n) is 6.34. The SMILES string of the molecule is COc1cc(C(C)(CN)OC)cc(NC(=O)OC(C)(C)C)c1O. The smallest absolute Gasteiger partial charge is 0.412 e. The average molecular weight is 326 g/mol. The number of methoxy groups -OCH3 is 2. The first-order chi connectivity index (χ1) is 10.6. The largest absolute Gasteiger partial charge is 0.503 e. The standard InChI is InChI=1S/C16H26N2O5/c1-15(2,3)23-14(20)18-11-7-10(16(4,9-17)22-6)8-12(21-5)13(11)19/h7-8,19H,9,17H2,1-6H3,(H,18,20). The minimum absolute atomic E-state index is 0.158. The molecule has 0 aliphatic carbocycles. The molecule has 7 nitrogen and oxygen atoms in total. The molecule has 7 heteroatoms. The van der Waals surface area contributed by atoms with Crippen LogP contribution in [0.1, 0.15) is 33.3 Å². The van der Waals surface area contributed by atoms with Gasteiger partial charge in [-0.05, 0) is 45.4 Å². The third-order valence-corrected chi connectivity index (χ3v) is 3.38. The number of hydrogen-bond acceptors (Lipinski definition) is 6. The molecule has 0 saturated carbocycles. The van der Waals surface area contributed by atoms with E-state index in [-0.39, 0.29) is 23.7 Å². The summed E-state index contributed by atoms with van der Waals surface area (Å²) in [6.45, 7) is 7.26. The molecule has 130 valence electrons. The van der Waals surface area contributed by atoms with Gasteiger partial charge in [-0.25, -0.2) is 4.79 Å². The van der Waals surface area contributed by atoms with E-state index in [0.717, 1.165) is 0 Å². The number of carbonyl (C=O) groups is 1. The zero-order valence-corrected chi connectivity index (χ0v) is 14.5. The third kappa shape index (κ3) is 4.74. The van der Waals surface area contributed by atoms with Crippen LogP contribution in [0.15, 0.2) is 12.1 Å². The summed E-state index contributed by atoms with van der Waals surface area (Å²) in [5.74, 6) is 0.00265. The van der Waals surface area contributed by atoms with Crippen molar-refractivity contribution < 1.29 is 24.1 Å². The Morgan fingerprint density at radius 2 is 1.87 bits per heavy atom. The number of hydrogen-bond donors (Lipinski definition) is 3. The van der Waals surface area contributed by atoms with E-state index in [2.05, 4.69) is 5.32 Å². The van der Waals surface area contributed by atoms with E-state index in [0.29, 0.717) is 5.56 Å². The van der Waals surface area contributed by atoms with Gasteiger partial charge in [-0.3, -0.25) is 5.32 Å². The van der Waals surface area contributed by atoms with Crippen LogP contribution in [0.4, 0.5) is 10.5 Å². The lowest BCUT2D eigenvalue weighted by atomic mass is 9.94. The number of amides is 1. The number of phenolic OH excluding ortho intramolecular Hbond substituents is 1. The number of ether oxygens (including phenoxy) is 3. The van der Waals surface area contributed by atoms with Gasteiger partial charge in [-0.1, -0.05) is 0 Å². The van der Waals surface area contributed by atoms with Crippen molar-refractivity contribution >= 4 is 11.8 Å². The van der Waals surface area contributed by atoms with Crippen LogP contribution in [0, 0.1) is 0 Å². The number of benzene rings is 1. The zero-order chi connectivity index (χ0) is 17.8. The second-order valence-corrected chi connectivity index (χ2v) is 6.34. The molecule has 0 fully saturated rings. The van der Waals surface area contributed by atoms with Gasteiger partial charge in [0.25, 0.3) is 0 Å². The van der Waals surface area contributed by atoms with Gasteiger partial charge in [0.1, 0.15) is 11.2 Å². The van der Waals surface area contributed by atoms with Crippen LogP contribution in [-0.2, 0) is 15.1 Å². The summed E-state index contributed by atoms with van der Waals surface area (Å²) in [6, 6.07) is 3.20. The normalized spacial score (nSPS) is 14.0. The van der Waals surface area contributed by atoms with Gasteiger partial charge in [0, 0.05) is 13.7 Å². The predicted octanol–water partition coefficient (Wildman–Crippen LogP) is 2.57. The van der Waals surface area contributed by atoms with Crippen LogP contribution in [-0.4, -0.2) is 37.6 Å². The van der Waals surface area contributed by atoms with E-state index in [1.165, 1.54) is 14.2 Å². The molecule has 0 aromatic heterocycles. The van der Waals surface area contributed by atoms with Gasteiger partial charge in [-0.2, -0.15) is 0 Å². The number of anilines is 1. The molecule has 0 bridgehead atoms. The van der Waals surface area contributed by atoms with E-state index < -0.39 is 17.3 Å². The molecule has 0 radical (unpaired) electrons. The topological polar surface area (TPSA) is 103 Å². The zero-order valence-electron chi connectivity index (χ0n) is 14.5. The van der Waals surface area contributed by atoms with E-state index in [9.17, 15) is 9.90 Å². The molecule has 1 unspecified atom stereocenters. The Morgan fingerprint density at radius 3 is 2.30 bits per heavy atom. The molecule has 0 aliphatic heterocycles. The van der Waals surface area contributed by atoms with Crippen LogP contribution in [0.2, 0.25) is 0 Å². The van der Waals surface area contributed by atoms with Crippen molar-refractivity contribution in [3.63, 3.8) is 0 Å². The van der Waals surface area contributed by atoms with Crippen LogP contribution in [0.3, 0.4) is 0 Å². The van der Waals surface area contributed by atoms with E-state index >= 15 is 0 Å². The molecule has 1 amide bonds. The second kappa shape index (κ2) is 7.06. The number of nitrogens with one attached hydrogen (secondary N) is 1. The van der Waals surface area contributed by atoms with Crippen molar-refractivity contribution in [2.24, 2.45) is 5.73 Å². The van der Waals surface area contributed by atoms with Crippen LogP contribution >= 0.6 is 0 Å². The summed E-state index contributed by atoms with van der Waals surface area (Å²) in [4.78, 5) is 11.9. The Bertz CT molecular complexity index is 562. The Kier molecular flexibility index (Phi) is 5.85. The molecular weight excluding hydrogens is 300 g/mol. The average Bonchev–Trinajstić information content (AvgIpc) is 2.46. The van der Waals surface area contributed by atoms with Gasteiger partial charge < -0.3 is 25.1 Å². The van der Waals surface area contributed by atoms with E-state index in [4.69, 9.17) is 19.9 Å². The highest BCUT2D eigenvalue weighted by Gasteiger charge is 2.28. The first kappa shape index (κ1) is 19.1. The molecular formula is C16H26N2O5. The summed E-state index contributed by atoms with van der Waals surface area (Å²) in [7, 11) is 2.95. The fourth-order valence-corrected chi connectivity index (χ4v) is 1.90. The summed E-state index contributed by atoms with van der Waals surface area (Å²) in [5.41, 5.74) is 5.15. The Hall–Kier alpha value is -1.99. The van der Waals surface area contributed by atoms with Crippen molar-refractivity contribution in [2.75, 3.05) is 26.1 Å². The molecule has 0 saturated heterocycles. The quantitative estimate of drug-likeness (QED) is 0.719. The maximum atomic E-state index is 11.9. The molecule has 0 heterocycles. The van der Waals surface area contributed by atoms with Crippen molar-refractivity contribution in [1.29, 1.82) is 0 Å². The van der Waals surface area contributed by atoms with Gasteiger partial charge >= 0.3 is 6.09 Å². The highest BCUT2D eigenvalue weighted by Crippen LogP contribution is 2.39. The van der Waals surface area contributed by atoms with Crippen LogP contribution in [0.5, 0.6) is 11.5 Å². The monoisotopic (exact) mass is 326 g/mol. The maximum Gasteiger partial charge on any atom is 0.412 e. The summed E-state index contributed by atoms with van der Waals surface area (Å²) >= 11 is 0. The number of nitrogens with two attached hydrogens (primary N) is 1. The molecule has 1 aromatic carbocycles. The van der Waals surface area contributed by atoms with E-state index in [1.807, 2.05) is 0 Å². The van der Waals surface area contributed by atoms with Gasteiger partial charge in [0.05, 0.1) is 12.8 Å².